The first kappa shape index (κ1) is 22.6. The molecule has 0 radical (unpaired) electrons. The third-order valence-corrected chi connectivity index (χ3v) is 5.91. The third kappa shape index (κ3) is 5.42. The summed E-state index contributed by atoms with van der Waals surface area (Å²) in [6, 6.07) is 15.2. The van der Waals surface area contributed by atoms with Gasteiger partial charge in [-0.15, -0.1) is 0 Å². The lowest BCUT2D eigenvalue weighted by atomic mass is 9.89. The topological polar surface area (TPSA) is 62.3 Å². The highest BCUT2D eigenvalue weighted by molar-refractivity contribution is 5.95. The molecule has 5 nitrogen and oxygen atoms in total. The highest BCUT2D eigenvalue weighted by atomic mass is 19.1. The van der Waals surface area contributed by atoms with Gasteiger partial charge in [0.05, 0.1) is 11.3 Å². The van der Waals surface area contributed by atoms with Crippen molar-refractivity contribution in [1.82, 2.24) is 15.2 Å². The van der Waals surface area contributed by atoms with Gasteiger partial charge in [0.2, 0.25) is 0 Å². The number of likely N-dealkylation sites (tertiary alicyclic amines) is 1. The lowest BCUT2D eigenvalue weighted by molar-refractivity contribution is 0.0710. The van der Waals surface area contributed by atoms with Gasteiger partial charge in [0, 0.05) is 36.8 Å². The van der Waals surface area contributed by atoms with Crippen LogP contribution in [0.1, 0.15) is 56.4 Å². The number of halogens is 2. The number of carbonyl (C=O) groups excluding carboxylic acids is 2. The van der Waals surface area contributed by atoms with E-state index in [0.29, 0.717) is 42.6 Å². The van der Waals surface area contributed by atoms with Gasteiger partial charge in [0.25, 0.3) is 11.8 Å². The van der Waals surface area contributed by atoms with Crippen molar-refractivity contribution in [3.8, 4) is 0 Å². The molecule has 0 aliphatic carbocycles. The van der Waals surface area contributed by atoms with Crippen LogP contribution in [0.25, 0.3) is 0 Å². The van der Waals surface area contributed by atoms with Crippen LogP contribution in [-0.4, -0.2) is 34.8 Å². The average Bonchev–Trinajstić information content (AvgIpc) is 2.83. The molecule has 1 N–H and O–H groups in total. The molecule has 0 atom stereocenters. The number of piperidine rings is 1. The number of hydrogen-bond donors (Lipinski definition) is 1. The zero-order valence-electron chi connectivity index (χ0n) is 18.4. The maximum atomic E-state index is 13.4. The van der Waals surface area contributed by atoms with E-state index in [1.807, 2.05) is 6.92 Å². The van der Waals surface area contributed by atoms with E-state index in [2.05, 4.69) is 10.3 Å². The molecule has 1 fully saturated rings. The van der Waals surface area contributed by atoms with Crippen molar-refractivity contribution >= 4 is 11.8 Å². The van der Waals surface area contributed by atoms with E-state index in [1.54, 1.807) is 29.2 Å². The Balaban J connectivity index is 1.44. The fraction of sp³-hybridized carbons (Fsp3) is 0.269. The molecular weight excluding hydrogens is 424 g/mol. The van der Waals surface area contributed by atoms with Crippen LogP contribution in [0.2, 0.25) is 0 Å². The van der Waals surface area contributed by atoms with Crippen molar-refractivity contribution < 1.29 is 18.4 Å². The maximum absolute atomic E-state index is 13.4. The molecule has 170 valence electrons. The fourth-order valence-corrected chi connectivity index (χ4v) is 4.14. The minimum Gasteiger partial charge on any atom is -0.348 e. The molecule has 0 unspecified atom stereocenters. The van der Waals surface area contributed by atoms with Gasteiger partial charge in [0.15, 0.2) is 0 Å². The zero-order valence-corrected chi connectivity index (χ0v) is 18.4. The van der Waals surface area contributed by atoms with Crippen LogP contribution >= 0.6 is 0 Å². The van der Waals surface area contributed by atoms with Crippen LogP contribution in [0.3, 0.4) is 0 Å². The highest BCUT2D eigenvalue weighted by Crippen LogP contribution is 2.30. The molecule has 0 spiro atoms. The van der Waals surface area contributed by atoms with Gasteiger partial charge >= 0.3 is 0 Å². The Bertz CT molecular complexity index is 1160. The monoisotopic (exact) mass is 449 g/mol. The van der Waals surface area contributed by atoms with Gasteiger partial charge < -0.3 is 10.2 Å². The number of nitrogens with zero attached hydrogens (tertiary/aromatic N) is 2. The van der Waals surface area contributed by atoms with Crippen molar-refractivity contribution in [3.05, 3.63) is 100 Å². The molecule has 1 aliphatic heterocycles. The second kappa shape index (κ2) is 9.90. The lowest BCUT2D eigenvalue weighted by Gasteiger charge is -2.32. The molecule has 0 bridgehead atoms. The number of hydrogen-bond acceptors (Lipinski definition) is 3. The minimum atomic E-state index is -0.376. The van der Waals surface area contributed by atoms with Crippen LogP contribution in [0.4, 0.5) is 8.78 Å². The highest BCUT2D eigenvalue weighted by Gasteiger charge is 2.28. The fourth-order valence-electron chi connectivity index (χ4n) is 4.14. The Kier molecular flexibility index (Phi) is 6.77. The average molecular weight is 450 g/mol. The summed E-state index contributed by atoms with van der Waals surface area (Å²) < 4.78 is 26.6. The summed E-state index contributed by atoms with van der Waals surface area (Å²) in [5, 5.41) is 2.85. The van der Waals surface area contributed by atoms with Gasteiger partial charge in [0.1, 0.15) is 11.6 Å². The van der Waals surface area contributed by atoms with E-state index in [1.165, 1.54) is 36.4 Å². The number of aryl methyl sites for hydroxylation is 1. The van der Waals surface area contributed by atoms with Gasteiger partial charge in [-0.25, -0.2) is 8.78 Å². The first-order valence-electron chi connectivity index (χ1n) is 11.0. The molecule has 3 aromatic rings. The first-order valence-corrected chi connectivity index (χ1v) is 11.0. The van der Waals surface area contributed by atoms with Crippen molar-refractivity contribution in [2.45, 2.75) is 32.2 Å². The lowest BCUT2D eigenvalue weighted by Crippen LogP contribution is -2.38. The smallest absolute Gasteiger partial charge is 0.253 e. The zero-order chi connectivity index (χ0) is 23.4. The summed E-state index contributed by atoms with van der Waals surface area (Å²) in [5.74, 6) is -1.07. The molecule has 2 amide bonds. The SMILES string of the molecule is Cc1ccc(C(=O)NCc2cccc(F)c2)c(C2CCN(C(=O)c3ccc(F)cc3)CC2)n1. The number of nitrogens with one attached hydrogen (secondary N) is 1. The van der Waals surface area contributed by atoms with Gasteiger partial charge in [-0.3, -0.25) is 14.6 Å². The van der Waals surface area contributed by atoms with Crippen LogP contribution in [-0.2, 0) is 6.54 Å². The number of amides is 2. The molecule has 2 heterocycles. The predicted molar refractivity (Wildman–Crippen MR) is 121 cm³/mol. The standard InChI is InChI=1S/C26H25F2N3O2/c1-17-5-10-23(25(32)29-16-18-3-2-4-22(28)15-18)24(30-17)19-11-13-31(14-12-19)26(33)20-6-8-21(27)9-7-20/h2-10,15,19H,11-14,16H2,1H3,(H,29,32). The van der Waals surface area contributed by atoms with Crippen LogP contribution in [0.5, 0.6) is 0 Å². The van der Waals surface area contributed by atoms with Gasteiger partial charge in [-0.2, -0.15) is 0 Å². The van der Waals surface area contributed by atoms with E-state index in [0.717, 1.165) is 11.4 Å². The summed E-state index contributed by atoms with van der Waals surface area (Å²) in [6.45, 7) is 3.15. The largest absolute Gasteiger partial charge is 0.348 e. The molecule has 0 saturated carbocycles. The molecule has 33 heavy (non-hydrogen) atoms. The van der Waals surface area contributed by atoms with E-state index < -0.39 is 0 Å². The van der Waals surface area contributed by atoms with Crippen molar-refractivity contribution in [2.75, 3.05) is 13.1 Å². The molecule has 2 aromatic carbocycles. The third-order valence-electron chi connectivity index (χ3n) is 5.91. The Morgan fingerprint density at radius 3 is 2.42 bits per heavy atom. The number of pyridine rings is 1. The van der Waals surface area contributed by atoms with Crippen molar-refractivity contribution in [2.24, 2.45) is 0 Å². The molecule has 1 saturated heterocycles. The van der Waals surface area contributed by atoms with E-state index in [9.17, 15) is 18.4 Å². The van der Waals surface area contributed by atoms with E-state index in [-0.39, 0.29) is 35.9 Å². The van der Waals surface area contributed by atoms with Crippen molar-refractivity contribution in [1.29, 1.82) is 0 Å². The van der Waals surface area contributed by atoms with Crippen LogP contribution < -0.4 is 5.32 Å². The molecular formula is C26H25F2N3O2. The number of benzene rings is 2. The molecule has 1 aromatic heterocycles. The Morgan fingerprint density at radius 2 is 1.73 bits per heavy atom. The van der Waals surface area contributed by atoms with Gasteiger partial charge in [-0.05, 0) is 73.9 Å². The predicted octanol–water partition coefficient (Wildman–Crippen LogP) is 4.62. The number of carbonyl (C=O) groups is 2. The first-order chi connectivity index (χ1) is 15.9. The summed E-state index contributed by atoms with van der Waals surface area (Å²) in [5.41, 5.74) is 3.18. The maximum Gasteiger partial charge on any atom is 0.253 e. The summed E-state index contributed by atoms with van der Waals surface area (Å²) in [4.78, 5) is 32.1. The second-order valence-electron chi connectivity index (χ2n) is 8.27. The summed E-state index contributed by atoms with van der Waals surface area (Å²) >= 11 is 0. The molecule has 7 heteroatoms. The molecule has 4 rings (SSSR count). The van der Waals surface area contributed by atoms with E-state index in [4.69, 9.17) is 0 Å². The van der Waals surface area contributed by atoms with Crippen LogP contribution in [0.15, 0.2) is 60.7 Å². The molecule has 1 aliphatic rings. The van der Waals surface area contributed by atoms with Crippen LogP contribution in [0, 0.1) is 18.6 Å². The minimum absolute atomic E-state index is 0.0390. The number of aromatic nitrogens is 1. The van der Waals surface area contributed by atoms with Crippen molar-refractivity contribution in [3.63, 3.8) is 0 Å². The Labute approximate surface area is 191 Å². The number of rotatable bonds is 5. The van der Waals surface area contributed by atoms with Gasteiger partial charge in [-0.1, -0.05) is 12.1 Å². The Hall–Kier alpha value is -3.61. The summed E-state index contributed by atoms with van der Waals surface area (Å²) in [6.07, 6.45) is 1.35. The Morgan fingerprint density at radius 1 is 1.00 bits per heavy atom. The second-order valence-corrected chi connectivity index (χ2v) is 8.27. The van der Waals surface area contributed by atoms with E-state index >= 15 is 0 Å². The normalized spacial score (nSPS) is 14.2. The quantitative estimate of drug-likeness (QED) is 0.618. The summed E-state index contributed by atoms with van der Waals surface area (Å²) in [7, 11) is 0.